The molecule has 2 aromatic carbocycles. The lowest BCUT2D eigenvalue weighted by atomic mass is 10.1. The topological polar surface area (TPSA) is 96.0 Å². The molecule has 1 amide bonds. The van der Waals surface area contributed by atoms with E-state index < -0.39 is 11.9 Å². The molecule has 0 fully saturated rings. The van der Waals surface area contributed by atoms with Crippen LogP contribution in [0.1, 0.15) is 21.7 Å². The molecule has 34 heavy (non-hydrogen) atoms. The largest absolute Gasteiger partial charge is 0.465 e. The van der Waals surface area contributed by atoms with Gasteiger partial charge < -0.3 is 9.15 Å². The molecular weight excluding hydrogens is 457 g/mol. The molecule has 168 valence electrons. The van der Waals surface area contributed by atoms with Gasteiger partial charge in [0.05, 0.1) is 23.9 Å². The first-order valence-electron chi connectivity index (χ1n) is 10.1. The van der Waals surface area contributed by atoms with E-state index in [2.05, 4.69) is 4.99 Å². The van der Waals surface area contributed by atoms with E-state index in [1.54, 1.807) is 58.8 Å². The van der Waals surface area contributed by atoms with E-state index in [4.69, 9.17) is 14.6 Å². The number of hydrogen-bond donors (Lipinski definition) is 1. The number of carbonyl (C=O) groups is 2. The molecule has 5 rings (SSSR count). The quantitative estimate of drug-likeness (QED) is 0.415. The number of halogens is 1. The molecule has 0 unspecified atom stereocenters. The Kier molecular flexibility index (Phi) is 5.46. The zero-order valence-electron chi connectivity index (χ0n) is 17.7. The summed E-state index contributed by atoms with van der Waals surface area (Å²) in [4.78, 5) is 29.9. The average molecular weight is 473 g/mol. The van der Waals surface area contributed by atoms with Crippen molar-refractivity contribution in [1.29, 1.82) is 5.41 Å². The molecule has 3 aromatic rings. The van der Waals surface area contributed by atoms with E-state index in [0.717, 1.165) is 5.56 Å². The fourth-order valence-corrected chi connectivity index (χ4v) is 4.43. The van der Waals surface area contributed by atoms with Crippen LogP contribution in [0, 0.1) is 11.2 Å². The van der Waals surface area contributed by atoms with Gasteiger partial charge in [0.2, 0.25) is 0 Å². The maximum Gasteiger partial charge on any atom is 0.337 e. The summed E-state index contributed by atoms with van der Waals surface area (Å²) in [7, 11) is 1.32. The summed E-state index contributed by atoms with van der Waals surface area (Å²) in [5.74, 6) is -0.473. The summed E-state index contributed by atoms with van der Waals surface area (Å²) in [6.07, 6.45) is 1.47. The van der Waals surface area contributed by atoms with Gasteiger partial charge in [0.1, 0.15) is 23.2 Å². The van der Waals surface area contributed by atoms with Gasteiger partial charge in [-0.2, -0.15) is 4.99 Å². The smallest absolute Gasteiger partial charge is 0.337 e. The number of thioether (sulfide) groups is 1. The molecule has 9 heteroatoms. The minimum atomic E-state index is -0.544. The Hall–Kier alpha value is -4.24. The fraction of sp³-hybridized carbons (Fsp3) is 0.0400. The number of hydrogen-bond acceptors (Lipinski definition) is 6. The molecule has 0 spiro atoms. The van der Waals surface area contributed by atoms with Crippen LogP contribution in [-0.2, 0) is 9.53 Å². The lowest BCUT2D eigenvalue weighted by Crippen LogP contribution is -2.38. The Morgan fingerprint density at radius 1 is 1.09 bits per heavy atom. The van der Waals surface area contributed by atoms with Crippen molar-refractivity contribution in [3.8, 4) is 11.3 Å². The Morgan fingerprint density at radius 3 is 2.50 bits per heavy atom. The number of esters is 1. The van der Waals surface area contributed by atoms with Crippen molar-refractivity contribution in [2.75, 3.05) is 7.11 Å². The third-order valence-electron chi connectivity index (χ3n) is 5.26. The van der Waals surface area contributed by atoms with Gasteiger partial charge in [-0.05, 0) is 60.2 Å². The number of ether oxygens (including phenoxy) is 1. The van der Waals surface area contributed by atoms with E-state index in [-0.39, 0.29) is 17.2 Å². The second kappa shape index (κ2) is 8.60. The number of benzene rings is 2. The fourth-order valence-electron chi connectivity index (χ4n) is 3.54. The van der Waals surface area contributed by atoms with Crippen molar-refractivity contribution in [2.24, 2.45) is 4.99 Å². The number of amides is 1. The van der Waals surface area contributed by atoms with Gasteiger partial charge in [-0.3, -0.25) is 15.1 Å². The van der Waals surface area contributed by atoms with Crippen LogP contribution in [0.5, 0.6) is 0 Å². The van der Waals surface area contributed by atoms with Gasteiger partial charge >= 0.3 is 5.97 Å². The van der Waals surface area contributed by atoms with Crippen LogP contribution in [0.3, 0.4) is 0 Å². The number of furan rings is 1. The first kappa shape index (κ1) is 21.6. The summed E-state index contributed by atoms with van der Waals surface area (Å²) < 4.78 is 23.9. The standard InChI is InChI=1S/C25H16FN3O4S/c1-32-24(31)16-4-2-15(3-5-16)21-11-10-18(33-21)12-19-22(27)29-20(13-34-25(29)28-23(19)30)14-6-8-17(26)9-7-14/h2-13,27H,1H3/b19-12+,27-22?. The number of amidine groups is 2. The predicted molar refractivity (Wildman–Crippen MR) is 127 cm³/mol. The van der Waals surface area contributed by atoms with Crippen LogP contribution < -0.4 is 0 Å². The first-order chi connectivity index (χ1) is 16.4. The molecular formula is C25H16FN3O4S. The van der Waals surface area contributed by atoms with E-state index in [1.165, 1.54) is 37.1 Å². The molecule has 7 nitrogen and oxygen atoms in total. The molecule has 0 radical (unpaired) electrons. The van der Waals surface area contributed by atoms with Crippen molar-refractivity contribution in [2.45, 2.75) is 0 Å². The number of methoxy groups -OCH3 is 1. The maximum atomic E-state index is 13.3. The SMILES string of the molecule is COC(=O)c1ccc(-c2ccc(/C=C3\C(=N)N4C(c5ccc(F)cc5)=CSC4=NC3=O)o2)cc1. The molecule has 0 saturated carbocycles. The van der Waals surface area contributed by atoms with Crippen LogP contribution >= 0.6 is 11.8 Å². The van der Waals surface area contributed by atoms with Crippen molar-refractivity contribution in [3.63, 3.8) is 0 Å². The Labute approximate surface area is 197 Å². The monoisotopic (exact) mass is 473 g/mol. The molecule has 3 heterocycles. The van der Waals surface area contributed by atoms with Crippen LogP contribution in [0.15, 0.2) is 81.1 Å². The lowest BCUT2D eigenvalue weighted by molar-refractivity contribution is -0.114. The Morgan fingerprint density at radius 2 is 1.79 bits per heavy atom. The van der Waals surface area contributed by atoms with Crippen molar-refractivity contribution in [1.82, 2.24) is 4.90 Å². The van der Waals surface area contributed by atoms with Gasteiger partial charge in [0.25, 0.3) is 5.91 Å². The van der Waals surface area contributed by atoms with Crippen molar-refractivity contribution >= 4 is 46.4 Å². The minimum Gasteiger partial charge on any atom is -0.465 e. The van der Waals surface area contributed by atoms with Crippen LogP contribution in [-0.4, -0.2) is 34.9 Å². The molecule has 0 atom stereocenters. The number of aliphatic imine (C=N–C) groups is 1. The summed E-state index contributed by atoms with van der Waals surface area (Å²) >= 11 is 1.23. The highest BCUT2D eigenvalue weighted by Crippen LogP contribution is 2.37. The number of fused-ring (bicyclic) bond motifs is 1. The molecule has 0 aliphatic carbocycles. The summed E-state index contributed by atoms with van der Waals surface area (Å²) in [5.41, 5.74) is 2.57. The average Bonchev–Trinajstić information content (AvgIpc) is 3.49. The van der Waals surface area contributed by atoms with E-state index >= 15 is 0 Å². The zero-order chi connectivity index (χ0) is 23.8. The maximum absolute atomic E-state index is 13.3. The number of rotatable bonds is 4. The van der Waals surface area contributed by atoms with Crippen molar-refractivity contribution < 1.29 is 23.1 Å². The second-order valence-corrected chi connectivity index (χ2v) is 8.18. The zero-order valence-corrected chi connectivity index (χ0v) is 18.6. The van der Waals surface area contributed by atoms with Crippen LogP contribution in [0.4, 0.5) is 4.39 Å². The van der Waals surface area contributed by atoms with E-state index in [1.807, 2.05) is 0 Å². The summed E-state index contributed by atoms with van der Waals surface area (Å²) in [6, 6.07) is 16.1. The highest BCUT2D eigenvalue weighted by Gasteiger charge is 2.36. The van der Waals surface area contributed by atoms with Crippen LogP contribution in [0.2, 0.25) is 0 Å². The third-order valence-corrected chi connectivity index (χ3v) is 6.08. The second-order valence-electron chi connectivity index (χ2n) is 7.34. The highest BCUT2D eigenvalue weighted by molar-refractivity contribution is 8.17. The third kappa shape index (κ3) is 3.86. The molecule has 0 saturated heterocycles. The number of nitrogens with one attached hydrogen (secondary N) is 1. The molecule has 1 aromatic heterocycles. The Balaban J connectivity index is 1.42. The molecule has 1 N–H and O–H groups in total. The lowest BCUT2D eigenvalue weighted by Gasteiger charge is -2.26. The van der Waals surface area contributed by atoms with Gasteiger partial charge in [-0.15, -0.1) is 0 Å². The Bertz CT molecular complexity index is 1420. The first-order valence-corrected chi connectivity index (χ1v) is 11.0. The molecule has 0 bridgehead atoms. The van der Waals surface area contributed by atoms with Gasteiger partial charge in [-0.1, -0.05) is 23.9 Å². The van der Waals surface area contributed by atoms with Crippen molar-refractivity contribution in [3.05, 3.63) is 94.3 Å². The minimum absolute atomic E-state index is 0.0454. The summed E-state index contributed by atoms with van der Waals surface area (Å²) in [5, 5.41) is 10.8. The van der Waals surface area contributed by atoms with Gasteiger partial charge in [0, 0.05) is 11.0 Å². The van der Waals surface area contributed by atoms with Gasteiger partial charge in [0.15, 0.2) is 5.17 Å². The predicted octanol–water partition coefficient (Wildman–Crippen LogP) is 5.18. The summed E-state index contributed by atoms with van der Waals surface area (Å²) in [6.45, 7) is 0. The van der Waals surface area contributed by atoms with E-state index in [0.29, 0.717) is 33.5 Å². The molecule has 2 aliphatic heterocycles. The number of nitrogens with zero attached hydrogens (tertiary/aromatic N) is 2. The van der Waals surface area contributed by atoms with Gasteiger partial charge in [-0.25, -0.2) is 9.18 Å². The molecule has 2 aliphatic rings. The highest BCUT2D eigenvalue weighted by atomic mass is 32.2. The normalized spacial score (nSPS) is 16.4. The van der Waals surface area contributed by atoms with Crippen LogP contribution in [0.25, 0.3) is 23.1 Å². The number of carbonyl (C=O) groups excluding carboxylic acids is 2. The van der Waals surface area contributed by atoms with E-state index in [9.17, 15) is 14.0 Å².